The van der Waals surface area contributed by atoms with E-state index in [9.17, 15) is 4.79 Å². The van der Waals surface area contributed by atoms with E-state index in [4.69, 9.17) is 0 Å². The van der Waals surface area contributed by atoms with Crippen LogP contribution in [-0.2, 0) is 11.3 Å². The van der Waals surface area contributed by atoms with Crippen molar-refractivity contribution in [3.05, 3.63) is 51.9 Å². The molecule has 0 aliphatic rings. The van der Waals surface area contributed by atoms with Crippen molar-refractivity contribution in [3.8, 4) is 0 Å². The highest BCUT2D eigenvalue weighted by atomic mass is 127. The average Bonchev–Trinajstić information content (AvgIpc) is 2.45. The fraction of sp³-hybridized carbons (Fsp3) is 0.154. The highest BCUT2D eigenvalue weighted by molar-refractivity contribution is 14.1. The number of amides is 1. The number of aromatic nitrogens is 2. The quantitative estimate of drug-likeness (QED) is 0.791. The van der Waals surface area contributed by atoms with Crippen LogP contribution in [0, 0.1) is 3.57 Å². The van der Waals surface area contributed by atoms with E-state index in [1.54, 1.807) is 12.4 Å². The molecule has 2 N–H and O–H groups in total. The summed E-state index contributed by atoms with van der Waals surface area (Å²) in [5.41, 5.74) is 1.07. The lowest BCUT2D eigenvalue weighted by atomic mass is 10.2. The molecule has 5 nitrogen and oxygen atoms in total. The highest BCUT2D eigenvalue weighted by Gasteiger charge is 2.02. The Morgan fingerprint density at radius 3 is 2.53 bits per heavy atom. The summed E-state index contributed by atoms with van der Waals surface area (Å²) in [7, 11) is 0. The molecule has 19 heavy (non-hydrogen) atoms. The zero-order chi connectivity index (χ0) is 13.5. The first kappa shape index (κ1) is 13.7. The lowest BCUT2D eigenvalue weighted by Gasteiger charge is -2.06. The van der Waals surface area contributed by atoms with Gasteiger partial charge in [0.2, 0.25) is 11.9 Å². The zero-order valence-corrected chi connectivity index (χ0v) is 12.3. The van der Waals surface area contributed by atoms with E-state index in [-0.39, 0.29) is 12.5 Å². The maximum atomic E-state index is 11.6. The van der Waals surface area contributed by atoms with Crippen molar-refractivity contribution in [2.24, 2.45) is 0 Å². The van der Waals surface area contributed by atoms with E-state index in [1.165, 1.54) is 0 Å². The van der Waals surface area contributed by atoms with Crippen molar-refractivity contribution in [2.75, 3.05) is 11.9 Å². The SMILES string of the molecule is O=C(CNc1ncc(I)cn1)NCc1ccccc1. The number of benzene rings is 1. The molecule has 0 saturated carbocycles. The van der Waals surface area contributed by atoms with Crippen LogP contribution < -0.4 is 10.6 Å². The summed E-state index contributed by atoms with van der Waals surface area (Å²) in [6.07, 6.45) is 3.38. The Hall–Kier alpha value is -1.70. The van der Waals surface area contributed by atoms with E-state index in [1.807, 2.05) is 30.3 Å². The molecule has 1 aromatic carbocycles. The predicted molar refractivity (Wildman–Crippen MR) is 81.5 cm³/mol. The van der Waals surface area contributed by atoms with Gasteiger partial charge in [0.25, 0.3) is 0 Å². The topological polar surface area (TPSA) is 66.9 Å². The van der Waals surface area contributed by atoms with Gasteiger partial charge in [-0.05, 0) is 28.2 Å². The first-order valence-corrected chi connectivity index (χ1v) is 6.84. The highest BCUT2D eigenvalue weighted by Crippen LogP contribution is 2.02. The van der Waals surface area contributed by atoms with Crippen LogP contribution in [0.3, 0.4) is 0 Å². The Kier molecular flexibility index (Phi) is 5.08. The van der Waals surface area contributed by atoms with E-state index >= 15 is 0 Å². The van der Waals surface area contributed by atoms with Gasteiger partial charge in [-0.15, -0.1) is 0 Å². The number of anilines is 1. The number of rotatable bonds is 5. The molecule has 1 heterocycles. The number of hydrogen-bond acceptors (Lipinski definition) is 4. The molecule has 0 bridgehead atoms. The molecule has 0 unspecified atom stereocenters. The summed E-state index contributed by atoms with van der Waals surface area (Å²) < 4.78 is 0.955. The van der Waals surface area contributed by atoms with Crippen LogP contribution in [0.15, 0.2) is 42.7 Å². The fourth-order valence-corrected chi connectivity index (χ4v) is 1.70. The smallest absolute Gasteiger partial charge is 0.239 e. The van der Waals surface area contributed by atoms with Gasteiger partial charge >= 0.3 is 0 Å². The minimum Gasteiger partial charge on any atom is -0.350 e. The van der Waals surface area contributed by atoms with Crippen LogP contribution in [0.25, 0.3) is 0 Å². The zero-order valence-electron chi connectivity index (χ0n) is 10.1. The Bertz CT molecular complexity index is 530. The Balaban J connectivity index is 1.74. The van der Waals surface area contributed by atoms with Crippen molar-refractivity contribution in [1.29, 1.82) is 0 Å². The first-order valence-electron chi connectivity index (χ1n) is 5.76. The van der Waals surface area contributed by atoms with Gasteiger partial charge in [-0.2, -0.15) is 0 Å². The molecule has 0 atom stereocenters. The minimum absolute atomic E-state index is 0.0917. The van der Waals surface area contributed by atoms with Gasteiger partial charge in [-0.3, -0.25) is 4.79 Å². The van der Waals surface area contributed by atoms with Gasteiger partial charge in [0.15, 0.2) is 0 Å². The van der Waals surface area contributed by atoms with Crippen molar-refractivity contribution in [3.63, 3.8) is 0 Å². The number of halogens is 1. The number of carbonyl (C=O) groups excluding carboxylic acids is 1. The van der Waals surface area contributed by atoms with Gasteiger partial charge < -0.3 is 10.6 Å². The van der Waals surface area contributed by atoms with Gasteiger partial charge in [-0.1, -0.05) is 30.3 Å². The number of hydrogen-bond donors (Lipinski definition) is 2. The summed E-state index contributed by atoms with van der Waals surface area (Å²) in [5, 5.41) is 5.69. The summed E-state index contributed by atoms with van der Waals surface area (Å²) in [4.78, 5) is 19.7. The van der Waals surface area contributed by atoms with Crippen molar-refractivity contribution < 1.29 is 4.79 Å². The maximum absolute atomic E-state index is 11.6. The third-order valence-electron chi connectivity index (χ3n) is 2.36. The van der Waals surface area contributed by atoms with Gasteiger partial charge in [0.1, 0.15) is 0 Å². The number of nitrogens with one attached hydrogen (secondary N) is 2. The standard InChI is InChI=1S/C13H13IN4O/c14-11-7-16-13(17-8-11)18-9-12(19)15-6-10-4-2-1-3-5-10/h1-5,7-8H,6,9H2,(H,15,19)(H,16,17,18). The Morgan fingerprint density at radius 1 is 1.16 bits per heavy atom. The van der Waals surface area contributed by atoms with E-state index in [2.05, 4.69) is 43.2 Å². The van der Waals surface area contributed by atoms with Crippen LogP contribution >= 0.6 is 22.6 Å². The van der Waals surface area contributed by atoms with Crippen molar-refractivity contribution in [1.82, 2.24) is 15.3 Å². The first-order chi connectivity index (χ1) is 9.24. The molecular formula is C13H13IN4O. The molecule has 1 aromatic heterocycles. The van der Waals surface area contributed by atoms with Crippen LogP contribution in [0.2, 0.25) is 0 Å². The van der Waals surface area contributed by atoms with Crippen LogP contribution in [0.4, 0.5) is 5.95 Å². The van der Waals surface area contributed by atoms with Gasteiger partial charge in [0.05, 0.1) is 6.54 Å². The van der Waals surface area contributed by atoms with E-state index < -0.39 is 0 Å². The summed E-state index contributed by atoms with van der Waals surface area (Å²) in [5.74, 6) is 0.362. The maximum Gasteiger partial charge on any atom is 0.239 e. The normalized spacial score (nSPS) is 9.95. The minimum atomic E-state index is -0.0917. The lowest BCUT2D eigenvalue weighted by Crippen LogP contribution is -2.29. The molecule has 0 aliphatic heterocycles. The molecule has 0 radical (unpaired) electrons. The third kappa shape index (κ3) is 4.82. The summed E-state index contributed by atoms with van der Waals surface area (Å²) in [6, 6.07) is 9.77. The summed E-state index contributed by atoms with van der Waals surface area (Å²) >= 11 is 2.13. The molecule has 98 valence electrons. The molecule has 0 aliphatic carbocycles. The fourth-order valence-electron chi connectivity index (χ4n) is 1.42. The monoisotopic (exact) mass is 368 g/mol. The molecular weight excluding hydrogens is 355 g/mol. The second-order valence-electron chi connectivity index (χ2n) is 3.84. The van der Waals surface area contributed by atoms with E-state index in [0.29, 0.717) is 12.5 Å². The Labute approximate surface area is 125 Å². The largest absolute Gasteiger partial charge is 0.350 e. The molecule has 6 heteroatoms. The molecule has 1 amide bonds. The van der Waals surface area contributed by atoms with Crippen LogP contribution in [0.5, 0.6) is 0 Å². The third-order valence-corrected chi connectivity index (χ3v) is 2.92. The van der Waals surface area contributed by atoms with Crippen molar-refractivity contribution >= 4 is 34.4 Å². The predicted octanol–water partition coefficient (Wildman–Crippen LogP) is 1.81. The average molecular weight is 368 g/mol. The van der Waals surface area contributed by atoms with Crippen LogP contribution in [-0.4, -0.2) is 22.4 Å². The second kappa shape index (κ2) is 7.03. The molecule has 0 fully saturated rings. The summed E-state index contributed by atoms with van der Waals surface area (Å²) in [6.45, 7) is 0.683. The van der Waals surface area contributed by atoms with Crippen LogP contribution in [0.1, 0.15) is 5.56 Å². The van der Waals surface area contributed by atoms with Gasteiger partial charge in [0, 0.05) is 22.5 Å². The molecule has 2 aromatic rings. The lowest BCUT2D eigenvalue weighted by molar-refractivity contribution is -0.119. The van der Waals surface area contributed by atoms with Crippen molar-refractivity contribution in [2.45, 2.75) is 6.54 Å². The number of carbonyl (C=O) groups is 1. The van der Waals surface area contributed by atoms with E-state index in [0.717, 1.165) is 9.13 Å². The molecule has 0 saturated heterocycles. The van der Waals surface area contributed by atoms with Gasteiger partial charge in [-0.25, -0.2) is 9.97 Å². The molecule has 0 spiro atoms. The molecule has 2 rings (SSSR count). The Morgan fingerprint density at radius 2 is 1.84 bits per heavy atom. The second-order valence-corrected chi connectivity index (χ2v) is 5.09. The number of nitrogens with zero attached hydrogens (tertiary/aromatic N) is 2.